The van der Waals surface area contributed by atoms with Gasteiger partial charge in [-0.05, 0) is 22.0 Å². The Balaban J connectivity index is 3.71. The van der Waals surface area contributed by atoms with Gasteiger partial charge in [0.2, 0.25) is 0 Å². The van der Waals surface area contributed by atoms with E-state index in [2.05, 4.69) is 15.9 Å². The summed E-state index contributed by atoms with van der Waals surface area (Å²) in [7, 11) is 0.758. The first kappa shape index (κ1) is 13.9. The maximum absolute atomic E-state index is 11.0. The molecule has 0 aromatic heterocycles. The van der Waals surface area contributed by atoms with E-state index in [4.69, 9.17) is 15.8 Å². The van der Waals surface area contributed by atoms with Gasteiger partial charge in [0.05, 0.1) is 15.4 Å². The van der Waals surface area contributed by atoms with E-state index >= 15 is 0 Å². The van der Waals surface area contributed by atoms with Crippen molar-refractivity contribution in [2.24, 2.45) is 0 Å². The highest BCUT2D eigenvalue weighted by molar-refractivity contribution is 9.10. The zero-order valence-corrected chi connectivity index (χ0v) is 10.9. The third-order valence-corrected chi connectivity index (χ3v) is 3.90. The number of hydrogen-bond donors (Lipinski definition) is 1. The zero-order chi connectivity index (χ0) is 13.4. The van der Waals surface area contributed by atoms with Gasteiger partial charge in [-0.1, -0.05) is 0 Å². The van der Waals surface area contributed by atoms with Crippen LogP contribution in [0.2, 0.25) is 0 Å². The number of rotatable bonds is 3. The number of carboxylic acids is 1. The molecular formula is C7H3BrClNO6S. The fourth-order valence-electron chi connectivity index (χ4n) is 1.01. The second-order valence-corrected chi connectivity index (χ2v) is 6.16. The van der Waals surface area contributed by atoms with Crippen molar-refractivity contribution in [3.63, 3.8) is 0 Å². The molecule has 0 aliphatic rings. The van der Waals surface area contributed by atoms with Crippen LogP contribution in [0.1, 0.15) is 10.4 Å². The summed E-state index contributed by atoms with van der Waals surface area (Å²) in [6.45, 7) is 0. The summed E-state index contributed by atoms with van der Waals surface area (Å²) in [5.74, 6) is -1.51. The van der Waals surface area contributed by atoms with E-state index in [0.717, 1.165) is 6.07 Å². The Labute approximate surface area is 108 Å². The number of nitrogens with zero attached hydrogens (tertiary/aromatic N) is 1. The van der Waals surface area contributed by atoms with Gasteiger partial charge >= 0.3 is 5.97 Å². The van der Waals surface area contributed by atoms with E-state index in [0.29, 0.717) is 6.07 Å². The summed E-state index contributed by atoms with van der Waals surface area (Å²) in [6.07, 6.45) is 0. The Morgan fingerprint density at radius 3 is 2.35 bits per heavy atom. The monoisotopic (exact) mass is 343 g/mol. The van der Waals surface area contributed by atoms with Crippen LogP contribution in [-0.4, -0.2) is 24.4 Å². The lowest BCUT2D eigenvalue weighted by molar-refractivity contribution is -0.385. The Morgan fingerprint density at radius 2 is 2.00 bits per heavy atom. The van der Waals surface area contributed by atoms with Gasteiger partial charge in [0.15, 0.2) is 0 Å². The maximum Gasteiger partial charge on any atom is 0.337 e. The Kier molecular flexibility index (Phi) is 3.74. The van der Waals surface area contributed by atoms with E-state index in [-0.39, 0.29) is 4.47 Å². The SMILES string of the molecule is O=C(O)c1cc(S(=O)(=O)Cl)cc([N+](=O)[O-])c1Br. The summed E-state index contributed by atoms with van der Waals surface area (Å²) in [5, 5.41) is 19.4. The molecule has 1 N–H and O–H groups in total. The Hall–Kier alpha value is -1.19. The summed E-state index contributed by atoms with van der Waals surface area (Å²) >= 11 is 2.72. The first-order valence-corrected chi connectivity index (χ1v) is 6.90. The number of nitro groups is 1. The maximum atomic E-state index is 11.0. The van der Waals surface area contributed by atoms with Crippen LogP contribution < -0.4 is 0 Å². The Bertz CT molecular complexity index is 578. The quantitative estimate of drug-likeness (QED) is 0.509. The van der Waals surface area contributed by atoms with E-state index < -0.39 is 36.1 Å². The molecule has 0 aliphatic heterocycles. The fourth-order valence-corrected chi connectivity index (χ4v) is 2.33. The summed E-state index contributed by atoms with van der Waals surface area (Å²) in [5.41, 5.74) is -1.25. The molecule has 0 atom stereocenters. The highest BCUT2D eigenvalue weighted by Crippen LogP contribution is 2.32. The molecule has 0 fully saturated rings. The molecule has 1 aromatic carbocycles. The van der Waals surface area contributed by atoms with Crippen molar-refractivity contribution in [2.75, 3.05) is 0 Å². The van der Waals surface area contributed by atoms with Crippen LogP contribution in [0.25, 0.3) is 0 Å². The van der Waals surface area contributed by atoms with Crippen molar-refractivity contribution in [3.8, 4) is 0 Å². The van der Waals surface area contributed by atoms with Gasteiger partial charge in [-0.2, -0.15) is 0 Å². The van der Waals surface area contributed by atoms with Crippen molar-refractivity contribution in [1.82, 2.24) is 0 Å². The van der Waals surface area contributed by atoms with Crippen LogP contribution in [0.5, 0.6) is 0 Å². The number of halogens is 2. The zero-order valence-electron chi connectivity index (χ0n) is 7.75. The van der Waals surface area contributed by atoms with E-state index in [1.165, 1.54) is 0 Å². The average Bonchev–Trinajstić information content (AvgIpc) is 2.14. The van der Waals surface area contributed by atoms with Crippen molar-refractivity contribution in [2.45, 2.75) is 4.90 Å². The van der Waals surface area contributed by atoms with Crippen LogP contribution in [0.3, 0.4) is 0 Å². The van der Waals surface area contributed by atoms with E-state index in [9.17, 15) is 23.3 Å². The number of aromatic carboxylic acids is 1. The first-order chi connectivity index (χ1) is 7.64. The largest absolute Gasteiger partial charge is 0.478 e. The lowest BCUT2D eigenvalue weighted by atomic mass is 10.2. The molecule has 92 valence electrons. The number of nitro benzene ring substituents is 1. The molecule has 1 rings (SSSR count). The minimum Gasteiger partial charge on any atom is -0.478 e. The molecule has 0 spiro atoms. The van der Waals surface area contributed by atoms with Crippen molar-refractivity contribution in [1.29, 1.82) is 0 Å². The first-order valence-electron chi connectivity index (χ1n) is 3.80. The molecule has 0 bridgehead atoms. The molecule has 0 aliphatic carbocycles. The van der Waals surface area contributed by atoms with Crippen LogP contribution in [-0.2, 0) is 9.05 Å². The molecule has 0 saturated heterocycles. The van der Waals surface area contributed by atoms with Crippen LogP contribution in [0, 0.1) is 10.1 Å². The third kappa shape index (κ3) is 2.93. The van der Waals surface area contributed by atoms with Crippen molar-refractivity contribution >= 4 is 47.3 Å². The molecule has 10 heteroatoms. The van der Waals surface area contributed by atoms with Gasteiger partial charge in [0, 0.05) is 16.7 Å². The topological polar surface area (TPSA) is 115 Å². The lowest BCUT2D eigenvalue weighted by Gasteiger charge is -2.03. The highest BCUT2D eigenvalue weighted by atomic mass is 79.9. The fraction of sp³-hybridized carbons (Fsp3) is 0. The molecule has 0 unspecified atom stereocenters. The number of carbonyl (C=O) groups is 1. The molecule has 17 heavy (non-hydrogen) atoms. The van der Waals surface area contributed by atoms with Crippen LogP contribution in [0.15, 0.2) is 21.5 Å². The molecule has 0 radical (unpaired) electrons. The van der Waals surface area contributed by atoms with Gasteiger partial charge < -0.3 is 5.11 Å². The normalized spacial score (nSPS) is 11.2. The second kappa shape index (κ2) is 4.59. The highest BCUT2D eigenvalue weighted by Gasteiger charge is 2.25. The standard InChI is InChI=1S/C7H3BrClNO6S/c8-6-4(7(11)12)1-3(17(9,15)16)2-5(6)10(13)14/h1-2H,(H,11,12). The van der Waals surface area contributed by atoms with Gasteiger partial charge in [-0.25, -0.2) is 13.2 Å². The van der Waals surface area contributed by atoms with E-state index in [1.807, 2.05) is 0 Å². The van der Waals surface area contributed by atoms with Crippen LogP contribution in [0.4, 0.5) is 5.69 Å². The molecule has 7 nitrogen and oxygen atoms in total. The molecule has 1 aromatic rings. The lowest BCUT2D eigenvalue weighted by Crippen LogP contribution is -2.04. The van der Waals surface area contributed by atoms with Crippen molar-refractivity contribution < 1.29 is 23.2 Å². The molecule has 0 amide bonds. The predicted molar refractivity (Wildman–Crippen MR) is 60.8 cm³/mol. The van der Waals surface area contributed by atoms with Crippen LogP contribution >= 0.6 is 26.6 Å². The van der Waals surface area contributed by atoms with E-state index in [1.54, 1.807) is 0 Å². The summed E-state index contributed by atoms with van der Waals surface area (Å²) in [6, 6.07) is 1.42. The second-order valence-electron chi connectivity index (χ2n) is 2.80. The van der Waals surface area contributed by atoms with Gasteiger partial charge in [0.25, 0.3) is 14.7 Å². The van der Waals surface area contributed by atoms with Gasteiger partial charge in [-0.15, -0.1) is 0 Å². The predicted octanol–water partition coefficient (Wildman–Crippen LogP) is 1.98. The smallest absolute Gasteiger partial charge is 0.337 e. The molecule has 0 saturated carbocycles. The molecular weight excluding hydrogens is 342 g/mol. The average molecular weight is 345 g/mol. The number of hydrogen-bond acceptors (Lipinski definition) is 5. The minimum absolute atomic E-state index is 0.320. The summed E-state index contributed by atoms with van der Waals surface area (Å²) < 4.78 is 21.7. The number of benzene rings is 1. The molecule has 0 heterocycles. The van der Waals surface area contributed by atoms with Gasteiger partial charge in [-0.3, -0.25) is 10.1 Å². The van der Waals surface area contributed by atoms with Crippen molar-refractivity contribution in [3.05, 3.63) is 32.3 Å². The van der Waals surface area contributed by atoms with Gasteiger partial charge in [0.1, 0.15) is 4.47 Å². The Morgan fingerprint density at radius 1 is 1.47 bits per heavy atom. The number of carboxylic acid groups (broad SMARTS) is 1. The minimum atomic E-state index is -4.25. The third-order valence-electron chi connectivity index (χ3n) is 1.74. The summed E-state index contributed by atoms with van der Waals surface area (Å²) in [4.78, 5) is 19.8.